The molecule has 4 rings (SSSR count). The molecule has 8 N–H and O–H groups in total. The van der Waals surface area contributed by atoms with Gasteiger partial charge in [0.1, 0.15) is 0 Å². The highest BCUT2D eigenvalue weighted by atomic mass is 16.4. The van der Waals surface area contributed by atoms with E-state index >= 15 is 0 Å². The second-order valence-corrected chi connectivity index (χ2v) is 16.0. The standard InChI is InChI=1S/2C20H26N2O2.C4H4O4/c2*1-12-6-8-14(9-7-12)18-15(11-21)16(10-20(3,4)5)22-13(2)17(18)19(23)24;5-3(6)1-2-4(7)8/h2*6-9H,10-11,21H2,1-5H3,(H,23,24);1-2H,(H,5,6)(H,7,8)/b;;2-1+. The van der Waals surface area contributed by atoms with Crippen molar-refractivity contribution in [3.8, 4) is 22.3 Å². The van der Waals surface area contributed by atoms with Gasteiger partial charge in [-0.05, 0) is 73.6 Å². The van der Waals surface area contributed by atoms with Gasteiger partial charge >= 0.3 is 23.9 Å². The molecular weight excluding hydrogens is 713 g/mol. The van der Waals surface area contributed by atoms with Gasteiger partial charge in [-0.15, -0.1) is 0 Å². The molecule has 0 spiro atoms. The van der Waals surface area contributed by atoms with E-state index in [9.17, 15) is 29.4 Å². The fourth-order valence-corrected chi connectivity index (χ4v) is 6.08. The van der Waals surface area contributed by atoms with Crippen LogP contribution in [0.2, 0.25) is 0 Å². The summed E-state index contributed by atoms with van der Waals surface area (Å²) in [6.45, 7) is 20.9. The number of hydrogen-bond donors (Lipinski definition) is 6. The Hall–Kier alpha value is -5.72. The second kappa shape index (κ2) is 19.7. The van der Waals surface area contributed by atoms with Crippen molar-refractivity contribution in [3.05, 3.63) is 117 Å². The van der Waals surface area contributed by atoms with Gasteiger partial charge in [0.05, 0.1) is 22.5 Å². The number of aromatic carboxylic acids is 2. The first-order valence-electron chi connectivity index (χ1n) is 18.1. The maximum Gasteiger partial charge on any atom is 0.338 e. The van der Waals surface area contributed by atoms with Crippen LogP contribution >= 0.6 is 0 Å². The fraction of sp³-hybridized carbons (Fsp3) is 0.364. The highest BCUT2D eigenvalue weighted by Gasteiger charge is 2.26. The molecule has 0 radical (unpaired) electrons. The number of aliphatic carboxylic acids is 2. The Kier molecular flexibility index (Phi) is 16.4. The van der Waals surface area contributed by atoms with Crippen molar-refractivity contribution in [2.45, 2.75) is 95.2 Å². The van der Waals surface area contributed by atoms with E-state index in [4.69, 9.17) is 21.7 Å². The van der Waals surface area contributed by atoms with Gasteiger partial charge in [0.15, 0.2) is 0 Å². The summed E-state index contributed by atoms with van der Waals surface area (Å²) in [4.78, 5) is 52.0. The summed E-state index contributed by atoms with van der Waals surface area (Å²) in [6.07, 6.45) is 2.61. The molecule has 2 aromatic carbocycles. The lowest BCUT2D eigenvalue weighted by atomic mass is 9.85. The number of nitrogens with two attached hydrogens (primary N) is 2. The zero-order valence-corrected chi connectivity index (χ0v) is 34.1. The third kappa shape index (κ3) is 13.5. The molecule has 4 aromatic rings. The van der Waals surface area contributed by atoms with Crippen LogP contribution in [0.5, 0.6) is 0 Å². The minimum absolute atomic E-state index is 0.0403. The predicted molar refractivity (Wildman–Crippen MR) is 219 cm³/mol. The molecule has 300 valence electrons. The molecule has 2 aromatic heterocycles. The van der Waals surface area contributed by atoms with Gasteiger partial charge in [-0.1, -0.05) is 101 Å². The smallest absolute Gasteiger partial charge is 0.338 e. The number of rotatable bonds is 10. The number of carboxylic acids is 4. The average molecular weight is 769 g/mol. The zero-order valence-electron chi connectivity index (χ0n) is 34.1. The maximum absolute atomic E-state index is 11.9. The van der Waals surface area contributed by atoms with Crippen LogP contribution in [0.25, 0.3) is 22.3 Å². The van der Waals surface area contributed by atoms with E-state index in [2.05, 4.69) is 51.5 Å². The number of hydrogen-bond acceptors (Lipinski definition) is 8. The van der Waals surface area contributed by atoms with Crippen molar-refractivity contribution in [2.24, 2.45) is 22.3 Å². The van der Waals surface area contributed by atoms with Gasteiger partial charge in [0.2, 0.25) is 0 Å². The molecule has 0 atom stereocenters. The first-order chi connectivity index (χ1) is 25.9. The summed E-state index contributed by atoms with van der Waals surface area (Å²) < 4.78 is 0. The molecule has 12 heteroatoms. The van der Waals surface area contributed by atoms with Gasteiger partial charge < -0.3 is 31.9 Å². The highest BCUT2D eigenvalue weighted by Crippen LogP contribution is 2.35. The fourth-order valence-electron chi connectivity index (χ4n) is 6.08. The van der Waals surface area contributed by atoms with Gasteiger partial charge in [0.25, 0.3) is 0 Å². The van der Waals surface area contributed by atoms with Crippen LogP contribution in [-0.4, -0.2) is 54.3 Å². The highest BCUT2D eigenvalue weighted by molar-refractivity contribution is 5.99. The summed E-state index contributed by atoms with van der Waals surface area (Å²) in [7, 11) is 0. The molecule has 0 amide bonds. The molecular formula is C44H56N4O8. The van der Waals surface area contributed by atoms with Crippen LogP contribution < -0.4 is 11.5 Å². The topological polar surface area (TPSA) is 227 Å². The van der Waals surface area contributed by atoms with E-state index in [1.165, 1.54) is 0 Å². The number of aromatic nitrogens is 2. The minimum Gasteiger partial charge on any atom is -0.478 e. The molecule has 2 heterocycles. The first kappa shape index (κ1) is 46.4. The third-order valence-electron chi connectivity index (χ3n) is 8.41. The van der Waals surface area contributed by atoms with E-state index in [0.29, 0.717) is 34.7 Å². The lowest BCUT2D eigenvalue weighted by Gasteiger charge is -2.23. The lowest BCUT2D eigenvalue weighted by Crippen LogP contribution is -2.18. The summed E-state index contributed by atoms with van der Waals surface area (Å²) >= 11 is 0. The van der Waals surface area contributed by atoms with Crippen molar-refractivity contribution in [3.63, 3.8) is 0 Å². The van der Waals surface area contributed by atoms with Crippen molar-refractivity contribution >= 4 is 23.9 Å². The van der Waals surface area contributed by atoms with E-state index < -0.39 is 23.9 Å². The number of carboxylic acid groups (broad SMARTS) is 4. The Morgan fingerprint density at radius 1 is 0.554 bits per heavy atom. The number of carbonyl (C=O) groups is 4. The Balaban J connectivity index is 0.000000325. The number of benzene rings is 2. The van der Waals surface area contributed by atoms with E-state index in [1.807, 2.05) is 62.4 Å². The zero-order chi connectivity index (χ0) is 42.7. The molecule has 0 unspecified atom stereocenters. The first-order valence-corrected chi connectivity index (χ1v) is 18.1. The minimum atomic E-state index is -1.26. The third-order valence-corrected chi connectivity index (χ3v) is 8.41. The van der Waals surface area contributed by atoms with Crippen LogP contribution in [0.15, 0.2) is 60.7 Å². The maximum atomic E-state index is 11.9. The van der Waals surface area contributed by atoms with Crippen molar-refractivity contribution in [1.82, 2.24) is 9.97 Å². The lowest BCUT2D eigenvalue weighted by molar-refractivity contribution is -0.134. The number of pyridine rings is 2. The van der Waals surface area contributed by atoms with E-state index in [-0.39, 0.29) is 35.0 Å². The largest absolute Gasteiger partial charge is 0.478 e. The Bertz CT molecular complexity index is 1920. The van der Waals surface area contributed by atoms with Crippen molar-refractivity contribution in [1.29, 1.82) is 0 Å². The summed E-state index contributed by atoms with van der Waals surface area (Å²) in [5.74, 6) is -4.44. The molecule has 0 saturated heterocycles. The van der Waals surface area contributed by atoms with Gasteiger partial charge in [-0.2, -0.15) is 0 Å². The van der Waals surface area contributed by atoms with Crippen LogP contribution in [0.3, 0.4) is 0 Å². The molecule has 0 aliphatic rings. The van der Waals surface area contributed by atoms with E-state index in [1.54, 1.807) is 13.8 Å². The van der Waals surface area contributed by atoms with Crippen LogP contribution in [0.4, 0.5) is 0 Å². The van der Waals surface area contributed by atoms with Gasteiger partial charge in [-0.3, -0.25) is 9.97 Å². The predicted octanol–water partition coefficient (Wildman–Crippen LogP) is 7.93. The van der Waals surface area contributed by atoms with Crippen LogP contribution in [0.1, 0.15) is 107 Å². The van der Waals surface area contributed by atoms with Gasteiger partial charge in [-0.25, -0.2) is 19.2 Å². The molecule has 0 aliphatic heterocycles. The number of aryl methyl sites for hydroxylation is 4. The summed E-state index contributed by atoms with van der Waals surface area (Å²) in [6, 6.07) is 15.8. The Morgan fingerprint density at radius 3 is 1.05 bits per heavy atom. The molecule has 12 nitrogen and oxygen atoms in total. The molecule has 0 fully saturated rings. The average Bonchev–Trinajstić information content (AvgIpc) is 3.06. The van der Waals surface area contributed by atoms with Crippen LogP contribution in [-0.2, 0) is 35.5 Å². The Morgan fingerprint density at radius 2 is 0.839 bits per heavy atom. The molecule has 0 aliphatic carbocycles. The van der Waals surface area contributed by atoms with Crippen molar-refractivity contribution < 1.29 is 39.6 Å². The van der Waals surface area contributed by atoms with Gasteiger partial charge in [0, 0.05) is 47.8 Å². The van der Waals surface area contributed by atoms with E-state index in [0.717, 1.165) is 57.6 Å². The molecule has 56 heavy (non-hydrogen) atoms. The molecule has 0 saturated carbocycles. The summed E-state index contributed by atoms with van der Waals surface area (Å²) in [5, 5.41) is 35.1. The Labute approximate surface area is 329 Å². The second-order valence-electron chi connectivity index (χ2n) is 16.0. The number of nitrogens with zero attached hydrogens (tertiary/aromatic N) is 2. The SMILES string of the molecule is Cc1ccc(-c2c(CN)c(CC(C)(C)C)nc(C)c2C(=O)O)cc1.Cc1ccc(-c2c(CN)c(CC(C)(C)C)nc(C)c2C(=O)O)cc1.O=C(O)/C=C/C(=O)O. The quantitative estimate of drug-likeness (QED) is 0.0846. The summed E-state index contributed by atoms with van der Waals surface area (Å²) in [5.41, 5.74) is 22.6. The van der Waals surface area contributed by atoms with Crippen molar-refractivity contribution in [2.75, 3.05) is 0 Å². The monoisotopic (exact) mass is 768 g/mol. The normalized spacial score (nSPS) is 11.3. The van der Waals surface area contributed by atoms with Crippen LogP contribution in [0, 0.1) is 38.5 Å². The molecule has 0 bridgehead atoms.